The van der Waals surface area contributed by atoms with Crippen molar-refractivity contribution in [2.24, 2.45) is 0 Å². The van der Waals surface area contributed by atoms with E-state index in [-0.39, 0.29) is 11.9 Å². The topological polar surface area (TPSA) is 52.6 Å². The van der Waals surface area contributed by atoms with E-state index in [1.54, 1.807) is 12.2 Å². The highest BCUT2D eigenvalue weighted by Gasteiger charge is 2.12. The van der Waals surface area contributed by atoms with Gasteiger partial charge in [-0.25, -0.2) is 9.59 Å². The number of esters is 2. The third-order valence-electron chi connectivity index (χ3n) is 6.97. The van der Waals surface area contributed by atoms with Crippen LogP contribution in [-0.2, 0) is 19.1 Å². The Morgan fingerprint density at radius 2 is 1.00 bits per heavy atom. The minimum Gasteiger partial charge on any atom is -0.463 e. The Kier molecular flexibility index (Phi) is 10.8. The number of rotatable bonds is 11. The fourth-order valence-corrected chi connectivity index (χ4v) is 4.98. The van der Waals surface area contributed by atoms with Crippen LogP contribution in [0.3, 0.4) is 0 Å². The van der Waals surface area contributed by atoms with Gasteiger partial charge in [0.15, 0.2) is 0 Å². The predicted molar refractivity (Wildman–Crippen MR) is 153 cm³/mol. The lowest BCUT2D eigenvalue weighted by atomic mass is 9.90. The molecule has 0 saturated carbocycles. The molecular formula is C34H38O4. The molecule has 4 heteroatoms. The lowest BCUT2D eigenvalue weighted by molar-refractivity contribution is -0.139. The third-order valence-corrected chi connectivity index (χ3v) is 6.97. The molecule has 0 atom stereocenters. The number of carbonyl (C=O) groups excluding carboxylic acids is 2. The quantitative estimate of drug-likeness (QED) is 0.174. The molecule has 0 fully saturated rings. The summed E-state index contributed by atoms with van der Waals surface area (Å²) in [5.74, 6) is -0.528. The summed E-state index contributed by atoms with van der Waals surface area (Å²) >= 11 is 0. The van der Waals surface area contributed by atoms with E-state index in [0.29, 0.717) is 13.2 Å². The number of hydrogen-bond donors (Lipinski definition) is 0. The van der Waals surface area contributed by atoms with Crippen molar-refractivity contribution < 1.29 is 19.1 Å². The van der Waals surface area contributed by atoms with Crippen molar-refractivity contribution in [2.75, 3.05) is 13.2 Å². The van der Waals surface area contributed by atoms with Gasteiger partial charge in [0.1, 0.15) is 0 Å². The van der Waals surface area contributed by atoms with Gasteiger partial charge in [-0.1, -0.05) is 72.8 Å². The minimum absolute atomic E-state index is 0.264. The lowest BCUT2D eigenvalue weighted by Gasteiger charge is -2.15. The number of hydrogen-bond acceptors (Lipinski definition) is 4. The molecule has 38 heavy (non-hydrogen) atoms. The molecule has 0 radical (unpaired) electrons. The van der Waals surface area contributed by atoms with Crippen LogP contribution in [-0.4, -0.2) is 25.2 Å². The second-order valence-electron chi connectivity index (χ2n) is 9.97. The van der Waals surface area contributed by atoms with Crippen molar-refractivity contribution >= 4 is 23.1 Å². The molecule has 2 aliphatic rings. The predicted octanol–water partition coefficient (Wildman–Crippen LogP) is 8.02. The Morgan fingerprint density at radius 3 is 1.42 bits per heavy atom. The fourth-order valence-electron chi connectivity index (χ4n) is 4.98. The average Bonchev–Trinajstić information content (AvgIpc) is 2.95. The highest BCUT2D eigenvalue weighted by molar-refractivity contribution is 5.85. The van der Waals surface area contributed by atoms with Gasteiger partial charge in [-0.2, -0.15) is 0 Å². The Bertz CT molecular complexity index is 1090. The monoisotopic (exact) mass is 510 g/mol. The van der Waals surface area contributed by atoms with Crippen LogP contribution in [0.4, 0.5) is 0 Å². The molecule has 0 unspecified atom stereocenters. The van der Waals surface area contributed by atoms with Crippen LogP contribution < -0.4 is 0 Å². The molecule has 2 aromatic carbocycles. The van der Waals surface area contributed by atoms with Crippen LogP contribution in [0.25, 0.3) is 11.1 Å². The first-order chi connectivity index (χ1) is 18.7. The second kappa shape index (κ2) is 14.9. The van der Waals surface area contributed by atoms with Gasteiger partial charge in [-0.3, -0.25) is 0 Å². The van der Waals surface area contributed by atoms with Crippen LogP contribution in [0.2, 0.25) is 0 Å². The van der Waals surface area contributed by atoms with Crippen molar-refractivity contribution in [2.45, 2.75) is 64.2 Å². The summed E-state index contributed by atoms with van der Waals surface area (Å²) in [6.07, 6.45) is 17.0. The first-order valence-corrected chi connectivity index (χ1v) is 13.9. The smallest absolute Gasteiger partial charge is 0.331 e. The molecule has 0 N–H and O–H groups in total. The summed E-state index contributed by atoms with van der Waals surface area (Å²) in [7, 11) is 0. The molecule has 4 rings (SSSR count). The van der Waals surface area contributed by atoms with Gasteiger partial charge in [0.25, 0.3) is 0 Å². The maximum atomic E-state index is 12.2. The first kappa shape index (κ1) is 27.4. The summed E-state index contributed by atoms with van der Waals surface area (Å²) in [5, 5.41) is 0. The summed E-state index contributed by atoms with van der Waals surface area (Å²) in [5.41, 5.74) is 7.07. The average molecular weight is 511 g/mol. The molecule has 2 aliphatic carbocycles. The zero-order valence-corrected chi connectivity index (χ0v) is 22.2. The van der Waals surface area contributed by atoms with Crippen LogP contribution in [0, 0.1) is 0 Å². The third kappa shape index (κ3) is 9.02. The van der Waals surface area contributed by atoms with E-state index in [1.165, 1.54) is 22.3 Å². The number of carbonyl (C=O) groups is 2. The fraction of sp³-hybridized carbons (Fsp3) is 0.353. The lowest BCUT2D eigenvalue weighted by Crippen LogP contribution is -2.06. The molecule has 0 amide bonds. The number of ether oxygens (including phenoxy) is 2. The van der Waals surface area contributed by atoms with Gasteiger partial charge in [-0.05, 0) is 97.6 Å². The summed E-state index contributed by atoms with van der Waals surface area (Å²) < 4.78 is 10.8. The van der Waals surface area contributed by atoms with E-state index < -0.39 is 0 Å². The maximum absolute atomic E-state index is 12.2. The summed E-state index contributed by atoms with van der Waals surface area (Å²) in [6.45, 7) is 0.833. The SMILES string of the molecule is O=C(/C=C1/C=C(c2ccccc2)CCC1)OCCCCCCOC(=O)/C=C1/C=C(c2ccccc2)CCC1. The van der Waals surface area contributed by atoms with E-state index >= 15 is 0 Å². The van der Waals surface area contributed by atoms with Crippen molar-refractivity contribution in [3.63, 3.8) is 0 Å². The van der Waals surface area contributed by atoms with E-state index in [4.69, 9.17) is 9.47 Å². The largest absolute Gasteiger partial charge is 0.463 e. The van der Waals surface area contributed by atoms with Crippen molar-refractivity contribution in [3.8, 4) is 0 Å². The highest BCUT2D eigenvalue weighted by atomic mass is 16.5. The Labute approximate surface area is 226 Å². The van der Waals surface area contributed by atoms with Crippen molar-refractivity contribution in [3.05, 3.63) is 107 Å². The molecule has 2 aromatic rings. The van der Waals surface area contributed by atoms with E-state index in [9.17, 15) is 9.59 Å². The second-order valence-corrected chi connectivity index (χ2v) is 9.97. The van der Waals surface area contributed by atoms with Crippen molar-refractivity contribution in [1.82, 2.24) is 0 Å². The van der Waals surface area contributed by atoms with Gasteiger partial charge in [-0.15, -0.1) is 0 Å². The van der Waals surface area contributed by atoms with Crippen LogP contribution >= 0.6 is 0 Å². The van der Waals surface area contributed by atoms with Crippen LogP contribution in [0.15, 0.2) is 96.1 Å². The molecule has 0 saturated heterocycles. The van der Waals surface area contributed by atoms with Gasteiger partial charge in [0.05, 0.1) is 13.2 Å². The normalized spacial score (nSPS) is 17.6. The van der Waals surface area contributed by atoms with Crippen LogP contribution in [0.1, 0.15) is 75.3 Å². The molecule has 0 aliphatic heterocycles. The number of benzene rings is 2. The van der Waals surface area contributed by atoms with Gasteiger partial charge < -0.3 is 9.47 Å². The highest BCUT2D eigenvalue weighted by Crippen LogP contribution is 2.30. The zero-order chi connectivity index (χ0) is 26.4. The van der Waals surface area contributed by atoms with Gasteiger partial charge >= 0.3 is 11.9 Å². The van der Waals surface area contributed by atoms with Crippen molar-refractivity contribution in [1.29, 1.82) is 0 Å². The summed E-state index contributed by atoms with van der Waals surface area (Å²) in [6, 6.07) is 20.7. The Hall–Kier alpha value is -3.66. The Morgan fingerprint density at radius 1 is 0.579 bits per heavy atom. The van der Waals surface area contributed by atoms with E-state index in [0.717, 1.165) is 75.4 Å². The van der Waals surface area contributed by atoms with Crippen LogP contribution in [0.5, 0.6) is 0 Å². The molecule has 198 valence electrons. The Balaban J connectivity index is 1.09. The minimum atomic E-state index is -0.264. The summed E-state index contributed by atoms with van der Waals surface area (Å²) in [4.78, 5) is 24.5. The molecule has 0 spiro atoms. The molecular weight excluding hydrogens is 472 g/mol. The maximum Gasteiger partial charge on any atom is 0.331 e. The van der Waals surface area contributed by atoms with Gasteiger partial charge in [0.2, 0.25) is 0 Å². The zero-order valence-electron chi connectivity index (χ0n) is 22.2. The van der Waals surface area contributed by atoms with E-state index in [2.05, 4.69) is 36.4 Å². The molecule has 4 nitrogen and oxygen atoms in total. The molecule has 0 bridgehead atoms. The molecule has 0 heterocycles. The standard InChI is InChI=1S/C34H38O4/c35-33(25-27-13-11-19-31(23-27)29-15-5-3-6-16-29)37-21-9-1-2-10-22-38-34(36)26-28-14-12-20-32(24-28)30-17-7-4-8-18-30/h3-8,15-18,23-26H,1-2,9-14,19-22H2/b27-25+,28-26+. The number of unbranched alkanes of at least 4 members (excludes halogenated alkanes) is 3. The van der Waals surface area contributed by atoms with Gasteiger partial charge in [0, 0.05) is 12.2 Å². The molecule has 0 aromatic heterocycles. The first-order valence-electron chi connectivity index (χ1n) is 13.9. The van der Waals surface area contributed by atoms with E-state index in [1.807, 2.05) is 36.4 Å². The number of allylic oxidation sites excluding steroid dienone is 6.